The Bertz CT molecular complexity index is 768. The fourth-order valence-electron chi connectivity index (χ4n) is 4.18. The number of amides is 3. The Morgan fingerprint density at radius 2 is 1.82 bits per heavy atom. The summed E-state index contributed by atoms with van der Waals surface area (Å²) >= 11 is 0. The Hall–Kier alpha value is -2.57. The van der Waals surface area contributed by atoms with E-state index in [1.165, 1.54) is 0 Å². The third-order valence-corrected chi connectivity index (χ3v) is 5.97. The van der Waals surface area contributed by atoms with Crippen molar-refractivity contribution in [2.45, 2.75) is 84.6 Å². The number of unbranched alkanes of at least 4 members (excludes halogenated alkanes) is 3. The lowest BCUT2D eigenvalue weighted by Gasteiger charge is -2.36. The Morgan fingerprint density at radius 1 is 1.06 bits per heavy atom. The van der Waals surface area contributed by atoms with Crippen LogP contribution >= 0.6 is 0 Å². The summed E-state index contributed by atoms with van der Waals surface area (Å²) in [4.78, 5) is 40.2. The fourth-order valence-corrected chi connectivity index (χ4v) is 4.18. The first kappa shape index (κ1) is 26.7. The van der Waals surface area contributed by atoms with Crippen LogP contribution < -0.4 is 15.5 Å². The van der Waals surface area contributed by atoms with E-state index < -0.39 is 6.09 Å². The van der Waals surface area contributed by atoms with Gasteiger partial charge < -0.3 is 20.3 Å². The Morgan fingerprint density at radius 3 is 2.55 bits per heavy atom. The number of hydrogen-bond acceptors (Lipinski definition) is 4. The van der Waals surface area contributed by atoms with Gasteiger partial charge in [-0.25, -0.2) is 4.79 Å². The number of nitrogens with one attached hydrogen (secondary N) is 2. The second kappa shape index (κ2) is 14.6. The molecule has 1 unspecified atom stereocenters. The highest BCUT2D eigenvalue weighted by molar-refractivity contribution is 5.98. The van der Waals surface area contributed by atoms with E-state index in [0.29, 0.717) is 32.5 Å². The maximum absolute atomic E-state index is 13.7. The van der Waals surface area contributed by atoms with Crippen molar-refractivity contribution in [1.29, 1.82) is 0 Å². The van der Waals surface area contributed by atoms with Crippen molar-refractivity contribution in [2.75, 3.05) is 24.6 Å². The van der Waals surface area contributed by atoms with E-state index >= 15 is 0 Å². The number of ether oxygens (including phenoxy) is 1. The molecule has 0 spiro atoms. The third-order valence-electron chi connectivity index (χ3n) is 5.97. The minimum atomic E-state index is -0.455. The summed E-state index contributed by atoms with van der Waals surface area (Å²) in [5.41, 5.74) is 1.88. The maximum atomic E-state index is 13.7. The SMILES string of the molecule is CCCCC[C@@H](CC(=O)NCCCC)C(=O)N1CC(NC(=O)OCCC)Cc2ccccc21. The molecule has 1 aliphatic rings. The molecule has 7 nitrogen and oxygen atoms in total. The van der Waals surface area contributed by atoms with Crippen molar-refractivity contribution >= 4 is 23.6 Å². The molecule has 1 aliphatic heterocycles. The van der Waals surface area contributed by atoms with Gasteiger partial charge in [0.2, 0.25) is 11.8 Å². The summed E-state index contributed by atoms with van der Waals surface area (Å²) in [5, 5.41) is 5.86. The van der Waals surface area contributed by atoms with E-state index in [0.717, 1.165) is 49.8 Å². The minimum absolute atomic E-state index is 0.0439. The van der Waals surface area contributed by atoms with Gasteiger partial charge in [-0.2, -0.15) is 0 Å². The molecular formula is C26H41N3O4. The van der Waals surface area contributed by atoms with Crippen molar-refractivity contribution < 1.29 is 19.1 Å². The van der Waals surface area contributed by atoms with Crippen LogP contribution in [0.4, 0.5) is 10.5 Å². The number of hydrogen-bond donors (Lipinski definition) is 2. The van der Waals surface area contributed by atoms with Crippen molar-refractivity contribution in [3.8, 4) is 0 Å². The molecule has 33 heavy (non-hydrogen) atoms. The quantitative estimate of drug-likeness (QED) is 0.423. The van der Waals surface area contributed by atoms with Gasteiger partial charge >= 0.3 is 6.09 Å². The standard InChI is InChI=1S/C26H41N3O4/c1-4-7-9-13-21(18-24(30)27-15-8-5-2)25(31)29-19-22(28-26(32)33-16-6-3)17-20-12-10-11-14-23(20)29/h10-12,14,21-22H,4-9,13,15-19H2,1-3H3,(H,27,30)(H,28,32)/t21-,22?/m0/s1. The first-order valence-electron chi connectivity index (χ1n) is 12.6. The van der Waals surface area contributed by atoms with Crippen LogP contribution in [-0.2, 0) is 20.7 Å². The molecule has 0 radical (unpaired) electrons. The van der Waals surface area contributed by atoms with Crippen LogP contribution in [0.5, 0.6) is 0 Å². The summed E-state index contributed by atoms with van der Waals surface area (Å²) in [6, 6.07) is 7.57. The average molecular weight is 460 g/mol. The molecule has 0 bridgehead atoms. The van der Waals surface area contributed by atoms with Crippen molar-refractivity contribution in [3.63, 3.8) is 0 Å². The predicted molar refractivity (Wildman–Crippen MR) is 131 cm³/mol. The number of anilines is 1. The second-order valence-corrected chi connectivity index (χ2v) is 8.86. The average Bonchev–Trinajstić information content (AvgIpc) is 2.81. The molecule has 1 aromatic carbocycles. The zero-order chi connectivity index (χ0) is 24.1. The Kier molecular flexibility index (Phi) is 11.8. The van der Waals surface area contributed by atoms with Gasteiger partial charge in [-0.3, -0.25) is 9.59 Å². The van der Waals surface area contributed by atoms with Gasteiger partial charge in [0, 0.05) is 31.1 Å². The molecule has 184 valence electrons. The van der Waals surface area contributed by atoms with Crippen LogP contribution in [0.1, 0.15) is 77.7 Å². The predicted octanol–water partition coefficient (Wildman–Crippen LogP) is 4.58. The van der Waals surface area contributed by atoms with Gasteiger partial charge in [-0.05, 0) is 37.3 Å². The highest BCUT2D eigenvalue weighted by Crippen LogP contribution is 2.30. The van der Waals surface area contributed by atoms with Gasteiger partial charge in [0.1, 0.15) is 0 Å². The summed E-state index contributed by atoms with van der Waals surface area (Å²) < 4.78 is 5.18. The molecule has 1 heterocycles. The van der Waals surface area contributed by atoms with Crippen LogP contribution in [0.3, 0.4) is 0 Å². The summed E-state index contributed by atoms with van der Waals surface area (Å²) in [5.74, 6) is -0.490. The number of alkyl carbamates (subject to hydrolysis) is 1. The molecule has 7 heteroatoms. The zero-order valence-electron chi connectivity index (χ0n) is 20.5. The van der Waals surface area contributed by atoms with Crippen molar-refractivity contribution in [2.24, 2.45) is 5.92 Å². The lowest BCUT2D eigenvalue weighted by atomic mass is 9.92. The van der Waals surface area contributed by atoms with Crippen LogP contribution in [0.2, 0.25) is 0 Å². The van der Waals surface area contributed by atoms with E-state index in [2.05, 4.69) is 24.5 Å². The lowest BCUT2D eigenvalue weighted by Crippen LogP contribution is -2.52. The first-order valence-corrected chi connectivity index (χ1v) is 12.6. The van der Waals surface area contributed by atoms with E-state index in [-0.39, 0.29) is 30.2 Å². The van der Waals surface area contributed by atoms with Crippen LogP contribution in [0.25, 0.3) is 0 Å². The third kappa shape index (κ3) is 8.71. The molecule has 0 saturated carbocycles. The maximum Gasteiger partial charge on any atom is 0.407 e. The van der Waals surface area contributed by atoms with E-state index in [4.69, 9.17) is 4.74 Å². The molecule has 0 aromatic heterocycles. The number of carbonyl (C=O) groups is 3. The van der Waals surface area contributed by atoms with Gasteiger partial charge in [-0.1, -0.05) is 64.7 Å². The van der Waals surface area contributed by atoms with E-state index in [1.54, 1.807) is 4.90 Å². The highest BCUT2D eigenvalue weighted by Gasteiger charge is 2.33. The van der Waals surface area contributed by atoms with Crippen molar-refractivity contribution in [1.82, 2.24) is 10.6 Å². The molecule has 2 atom stereocenters. The van der Waals surface area contributed by atoms with Crippen LogP contribution in [-0.4, -0.2) is 43.6 Å². The fraction of sp³-hybridized carbons (Fsp3) is 0.654. The van der Waals surface area contributed by atoms with Crippen LogP contribution in [0.15, 0.2) is 24.3 Å². The molecule has 0 fully saturated rings. The molecule has 2 N–H and O–H groups in total. The van der Waals surface area contributed by atoms with Gasteiger partial charge in [0.15, 0.2) is 0 Å². The normalized spacial score (nSPS) is 16.0. The monoisotopic (exact) mass is 459 g/mol. The van der Waals surface area contributed by atoms with E-state index in [1.807, 2.05) is 31.2 Å². The molecule has 1 aromatic rings. The molecule has 2 rings (SSSR count). The van der Waals surface area contributed by atoms with Gasteiger partial charge in [0.25, 0.3) is 0 Å². The lowest BCUT2D eigenvalue weighted by molar-refractivity contribution is -0.129. The molecule has 0 saturated heterocycles. The molecular weight excluding hydrogens is 418 g/mol. The van der Waals surface area contributed by atoms with E-state index in [9.17, 15) is 14.4 Å². The first-order chi connectivity index (χ1) is 16.0. The zero-order valence-corrected chi connectivity index (χ0v) is 20.5. The van der Waals surface area contributed by atoms with Gasteiger partial charge in [0.05, 0.1) is 12.6 Å². The Labute approximate surface area is 198 Å². The number of para-hydroxylation sites is 1. The Balaban J connectivity index is 2.16. The summed E-state index contributed by atoms with van der Waals surface area (Å²) in [7, 11) is 0. The van der Waals surface area contributed by atoms with Crippen molar-refractivity contribution in [3.05, 3.63) is 29.8 Å². The number of rotatable bonds is 13. The topological polar surface area (TPSA) is 87.7 Å². The van der Waals surface area contributed by atoms with Gasteiger partial charge in [-0.15, -0.1) is 0 Å². The number of carbonyl (C=O) groups excluding carboxylic acids is 3. The number of benzene rings is 1. The number of fused-ring (bicyclic) bond motifs is 1. The number of nitrogens with zero attached hydrogens (tertiary/aromatic N) is 1. The highest BCUT2D eigenvalue weighted by atomic mass is 16.5. The largest absolute Gasteiger partial charge is 0.450 e. The molecule has 3 amide bonds. The van der Waals surface area contributed by atoms with Crippen LogP contribution in [0, 0.1) is 5.92 Å². The minimum Gasteiger partial charge on any atom is -0.450 e. The molecule has 0 aliphatic carbocycles. The summed E-state index contributed by atoms with van der Waals surface area (Å²) in [6.07, 6.45) is 6.77. The smallest absolute Gasteiger partial charge is 0.407 e. The summed E-state index contributed by atoms with van der Waals surface area (Å²) in [6.45, 7) is 7.54. The second-order valence-electron chi connectivity index (χ2n) is 8.86.